The van der Waals surface area contributed by atoms with E-state index in [2.05, 4.69) is 5.32 Å². The van der Waals surface area contributed by atoms with Crippen LogP contribution in [0.3, 0.4) is 0 Å². The third-order valence-electron chi connectivity index (χ3n) is 6.12. The molecule has 0 bridgehead atoms. The second-order valence-corrected chi connectivity index (χ2v) is 8.35. The van der Waals surface area contributed by atoms with Gasteiger partial charge in [0.1, 0.15) is 17.2 Å². The van der Waals surface area contributed by atoms with Crippen molar-refractivity contribution in [2.45, 2.75) is 32.9 Å². The normalized spacial score (nSPS) is 18.0. The Morgan fingerprint density at radius 1 is 1.03 bits per heavy atom. The predicted molar refractivity (Wildman–Crippen MR) is 118 cm³/mol. The highest BCUT2D eigenvalue weighted by Crippen LogP contribution is 2.31. The number of aromatic nitrogens is 1. The Morgan fingerprint density at radius 2 is 1.70 bits per heavy atom. The quantitative estimate of drug-likeness (QED) is 0.454. The largest absolute Gasteiger partial charge is 0.344 e. The maximum atomic E-state index is 14.3. The zero-order chi connectivity index (χ0) is 23.9. The second kappa shape index (κ2) is 8.27. The fourth-order valence-corrected chi connectivity index (χ4v) is 4.22. The Bertz CT molecular complexity index is 1270. The van der Waals surface area contributed by atoms with E-state index in [1.807, 2.05) is 11.5 Å². The Hall–Kier alpha value is -3.81. The van der Waals surface area contributed by atoms with E-state index in [-0.39, 0.29) is 11.4 Å². The van der Waals surface area contributed by atoms with Gasteiger partial charge in [-0.3, -0.25) is 14.5 Å². The summed E-state index contributed by atoms with van der Waals surface area (Å²) < 4.78 is 29.4. The van der Waals surface area contributed by atoms with Crippen LogP contribution >= 0.6 is 0 Å². The van der Waals surface area contributed by atoms with Gasteiger partial charge in [-0.1, -0.05) is 30.3 Å². The van der Waals surface area contributed by atoms with Crippen LogP contribution in [-0.2, 0) is 16.9 Å². The van der Waals surface area contributed by atoms with Gasteiger partial charge in [-0.05, 0) is 50.6 Å². The van der Waals surface area contributed by atoms with Gasteiger partial charge in [-0.25, -0.2) is 13.6 Å². The predicted octanol–water partition coefficient (Wildman–Crippen LogP) is 4.08. The number of hydrogen-bond acceptors (Lipinski definition) is 3. The summed E-state index contributed by atoms with van der Waals surface area (Å²) in [6, 6.07) is 12.8. The molecule has 0 saturated carbocycles. The van der Waals surface area contributed by atoms with Crippen LogP contribution in [0.2, 0.25) is 0 Å². The number of carbonyl (C=O) groups is 3. The zero-order valence-corrected chi connectivity index (χ0v) is 18.5. The number of nitrogens with zero attached hydrogens (tertiary/aromatic N) is 2. The van der Waals surface area contributed by atoms with E-state index < -0.39 is 35.6 Å². The van der Waals surface area contributed by atoms with Gasteiger partial charge in [0.15, 0.2) is 5.78 Å². The number of imide groups is 1. The number of urea groups is 1. The lowest BCUT2D eigenvalue weighted by atomic mass is 9.91. The van der Waals surface area contributed by atoms with Crippen molar-refractivity contribution in [1.29, 1.82) is 0 Å². The summed E-state index contributed by atoms with van der Waals surface area (Å²) in [6.07, 6.45) is 0. The number of carbonyl (C=O) groups excluding carboxylic acids is 3. The molecule has 1 unspecified atom stereocenters. The van der Waals surface area contributed by atoms with Crippen LogP contribution in [-0.4, -0.2) is 33.7 Å². The molecule has 3 amide bonds. The summed E-state index contributed by atoms with van der Waals surface area (Å²) >= 11 is 0. The summed E-state index contributed by atoms with van der Waals surface area (Å²) in [5, 5.41) is 2.52. The van der Waals surface area contributed by atoms with E-state index in [1.165, 1.54) is 37.3 Å². The molecule has 0 radical (unpaired) electrons. The first kappa shape index (κ1) is 22.4. The maximum Gasteiger partial charge on any atom is 0.325 e. The minimum atomic E-state index is -1.60. The Kier molecular flexibility index (Phi) is 5.61. The zero-order valence-electron chi connectivity index (χ0n) is 18.5. The van der Waals surface area contributed by atoms with Crippen molar-refractivity contribution in [2.24, 2.45) is 0 Å². The molecular weight excluding hydrogens is 428 g/mol. The van der Waals surface area contributed by atoms with Crippen molar-refractivity contribution in [3.8, 4) is 0 Å². The van der Waals surface area contributed by atoms with Gasteiger partial charge >= 0.3 is 6.03 Å². The molecule has 4 rings (SSSR count). The van der Waals surface area contributed by atoms with Gasteiger partial charge < -0.3 is 9.88 Å². The third-order valence-corrected chi connectivity index (χ3v) is 6.12. The molecule has 8 heteroatoms. The topological polar surface area (TPSA) is 71.4 Å². The number of rotatable bonds is 6. The highest BCUT2D eigenvalue weighted by Gasteiger charge is 2.50. The van der Waals surface area contributed by atoms with Crippen molar-refractivity contribution >= 4 is 17.7 Å². The molecule has 0 spiro atoms. The number of halogens is 2. The molecule has 6 nitrogen and oxygen atoms in total. The first-order chi connectivity index (χ1) is 15.6. The molecule has 33 heavy (non-hydrogen) atoms. The maximum absolute atomic E-state index is 14.3. The van der Waals surface area contributed by atoms with Crippen LogP contribution in [0, 0.1) is 25.5 Å². The van der Waals surface area contributed by atoms with Gasteiger partial charge in [0.25, 0.3) is 5.91 Å². The van der Waals surface area contributed by atoms with Gasteiger partial charge in [0.2, 0.25) is 0 Å². The van der Waals surface area contributed by atoms with Crippen molar-refractivity contribution in [2.75, 3.05) is 6.54 Å². The lowest BCUT2D eigenvalue weighted by Crippen LogP contribution is -2.42. The monoisotopic (exact) mass is 451 g/mol. The molecule has 1 saturated heterocycles. The van der Waals surface area contributed by atoms with E-state index in [0.717, 1.165) is 16.2 Å². The van der Waals surface area contributed by atoms with Gasteiger partial charge in [0, 0.05) is 29.1 Å². The average Bonchev–Trinajstić information content (AvgIpc) is 3.18. The van der Waals surface area contributed by atoms with E-state index in [0.29, 0.717) is 17.8 Å². The Morgan fingerprint density at radius 3 is 2.36 bits per heavy atom. The van der Waals surface area contributed by atoms with Crippen molar-refractivity contribution < 1.29 is 23.2 Å². The number of aryl methyl sites for hydroxylation is 1. The highest BCUT2D eigenvalue weighted by molar-refractivity contribution is 6.11. The van der Waals surface area contributed by atoms with Crippen molar-refractivity contribution in [1.82, 2.24) is 14.8 Å². The van der Waals surface area contributed by atoms with Gasteiger partial charge in [-0.15, -0.1) is 0 Å². The van der Waals surface area contributed by atoms with Crippen LogP contribution in [0.1, 0.15) is 39.8 Å². The SMILES string of the molecule is Cc1cc(C(=O)CN2C(=O)NC(C)(c3ccccc3F)C2=O)c(C)n1Cc1ccc(F)cc1. The van der Waals surface area contributed by atoms with E-state index in [1.54, 1.807) is 31.2 Å². The molecule has 1 atom stereocenters. The molecule has 1 aliphatic rings. The average molecular weight is 451 g/mol. The lowest BCUT2D eigenvalue weighted by molar-refractivity contribution is -0.130. The summed E-state index contributed by atoms with van der Waals surface area (Å²) in [4.78, 5) is 39.5. The first-order valence-electron chi connectivity index (χ1n) is 10.5. The number of nitrogens with one attached hydrogen (secondary N) is 1. The Balaban J connectivity index is 1.56. The van der Waals surface area contributed by atoms with Crippen LogP contribution in [0.4, 0.5) is 13.6 Å². The van der Waals surface area contributed by atoms with E-state index in [4.69, 9.17) is 0 Å². The van der Waals surface area contributed by atoms with Crippen LogP contribution in [0.15, 0.2) is 54.6 Å². The van der Waals surface area contributed by atoms with Crippen molar-refractivity contribution in [3.63, 3.8) is 0 Å². The van der Waals surface area contributed by atoms with Crippen LogP contribution in [0.25, 0.3) is 0 Å². The number of benzene rings is 2. The molecule has 1 aliphatic heterocycles. The smallest absolute Gasteiger partial charge is 0.325 e. The molecule has 3 aromatic rings. The highest BCUT2D eigenvalue weighted by atomic mass is 19.1. The number of amides is 3. The first-order valence-corrected chi connectivity index (χ1v) is 10.5. The van der Waals surface area contributed by atoms with Gasteiger partial charge in [0.05, 0.1) is 6.54 Å². The summed E-state index contributed by atoms with van der Waals surface area (Å²) in [5.74, 6) is -2.04. The minimum absolute atomic E-state index is 0.0378. The fraction of sp³-hybridized carbons (Fsp3) is 0.240. The van der Waals surface area contributed by atoms with E-state index in [9.17, 15) is 23.2 Å². The van der Waals surface area contributed by atoms with Crippen LogP contribution in [0.5, 0.6) is 0 Å². The van der Waals surface area contributed by atoms with Gasteiger partial charge in [-0.2, -0.15) is 0 Å². The van der Waals surface area contributed by atoms with Crippen molar-refractivity contribution in [3.05, 3.63) is 94.3 Å². The fourth-order valence-electron chi connectivity index (χ4n) is 4.22. The number of Topliss-reactive ketones (excluding diaryl/α,β-unsaturated/α-hetero) is 1. The summed E-state index contributed by atoms with van der Waals surface area (Å²) in [5.41, 5.74) is 1.18. The molecule has 1 N–H and O–H groups in total. The van der Waals surface area contributed by atoms with Crippen LogP contribution < -0.4 is 5.32 Å². The summed E-state index contributed by atoms with van der Waals surface area (Å²) in [7, 11) is 0. The lowest BCUT2D eigenvalue weighted by Gasteiger charge is -2.22. The molecule has 2 aromatic carbocycles. The van der Waals surface area contributed by atoms with E-state index >= 15 is 0 Å². The molecule has 0 aliphatic carbocycles. The standard InChI is InChI=1S/C25H23F2N3O3/c1-15-12-19(16(2)29(15)13-17-8-10-18(26)11-9-17)22(31)14-30-23(32)25(3,28-24(30)33)20-6-4-5-7-21(20)27/h4-12H,13-14H2,1-3H3,(H,28,33). The second-order valence-electron chi connectivity index (χ2n) is 8.35. The summed E-state index contributed by atoms with van der Waals surface area (Å²) in [6.45, 7) is 5.02. The third kappa shape index (κ3) is 3.92. The minimum Gasteiger partial charge on any atom is -0.344 e. The Labute approximate surface area is 189 Å². The molecule has 2 heterocycles. The number of hydrogen-bond donors (Lipinski definition) is 1. The molecule has 1 fully saturated rings. The molecule has 170 valence electrons. The molecule has 1 aromatic heterocycles. The molecular formula is C25H23F2N3O3. The number of ketones is 1.